The maximum atomic E-state index is 11.4. The fourth-order valence-electron chi connectivity index (χ4n) is 3.33. The summed E-state index contributed by atoms with van der Waals surface area (Å²) in [6.45, 7) is 3.69. The standard InChI is InChI=1S/C18H21N2OS2/c1-2-14-6-8-15(9-7-14)19-13-18(21,16-5-3-11-22-16)20-10-4-12-23-17(19)20/h3,5-9,11,21H,2,4,10,12-13H2,1H3/q+1/t18-/m1/s1. The van der Waals surface area contributed by atoms with Crippen LogP contribution in [0.3, 0.4) is 0 Å². The smallest absolute Gasteiger partial charge is 0.316 e. The lowest BCUT2D eigenvalue weighted by atomic mass is 10.1. The third-order valence-corrected chi connectivity index (χ3v) is 6.82. The number of aliphatic hydroxyl groups is 1. The molecule has 0 spiro atoms. The first-order valence-corrected chi connectivity index (χ1v) is 9.99. The summed E-state index contributed by atoms with van der Waals surface area (Å²) in [4.78, 5) is 3.31. The SMILES string of the molecule is CCc1ccc(N2C[C@@](O)(c3cccs3)[N+]3=C2SCCC3)cc1. The molecule has 4 rings (SSSR count). The number of thiophene rings is 1. The maximum absolute atomic E-state index is 11.4. The van der Waals surface area contributed by atoms with E-state index < -0.39 is 5.72 Å². The molecule has 5 heteroatoms. The molecular formula is C18H21N2OS2+. The molecule has 23 heavy (non-hydrogen) atoms. The first kappa shape index (κ1) is 15.2. The number of β-amino-alcohol motifs (C(OH)–C–C–N with tert-alkyl or cyclic N) is 1. The molecule has 1 N–H and O–H groups in total. The summed E-state index contributed by atoms with van der Waals surface area (Å²) in [6, 6.07) is 12.8. The molecule has 0 radical (unpaired) electrons. The van der Waals surface area contributed by atoms with Crippen LogP contribution in [0.15, 0.2) is 41.8 Å². The number of aryl methyl sites for hydroxylation is 1. The van der Waals surface area contributed by atoms with Crippen LogP contribution in [-0.2, 0) is 12.1 Å². The van der Waals surface area contributed by atoms with Crippen LogP contribution in [0.4, 0.5) is 5.69 Å². The van der Waals surface area contributed by atoms with Crippen molar-refractivity contribution >= 4 is 34.0 Å². The third-order valence-electron chi connectivity index (χ3n) is 4.62. The predicted molar refractivity (Wildman–Crippen MR) is 98.6 cm³/mol. The van der Waals surface area contributed by atoms with Gasteiger partial charge in [0.25, 0.3) is 5.72 Å². The number of hydrogen-bond donors (Lipinski definition) is 1. The van der Waals surface area contributed by atoms with Gasteiger partial charge in [0.1, 0.15) is 5.69 Å². The predicted octanol–water partition coefficient (Wildman–Crippen LogP) is 3.48. The van der Waals surface area contributed by atoms with E-state index in [0.29, 0.717) is 6.54 Å². The number of thioether (sulfide) groups is 1. The zero-order chi connectivity index (χ0) is 15.9. The zero-order valence-electron chi connectivity index (χ0n) is 13.2. The average molecular weight is 346 g/mol. The largest absolute Gasteiger partial charge is 0.346 e. The van der Waals surface area contributed by atoms with Gasteiger partial charge in [-0.15, -0.1) is 11.3 Å². The summed E-state index contributed by atoms with van der Waals surface area (Å²) in [5.41, 5.74) is 1.61. The summed E-state index contributed by atoms with van der Waals surface area (Å²) >= 11 is 3.50. The molecule has 0 fully saturated rings. The van der Waals surface area contributed by atoms with Gasteiger partial charge in [0, 0.05) is 5.75 Å². The van der Waals surface area contributed by atoms with Crippen molar-refractivity contribution in [3.05, 3.63) is 52.2 Å². The van der Waals surface area contributed by atoms with Crippen LogP contribution < -0.4 is 4.90 Å². The Morgan fingerprint density at radius 3 is 2.78 bits per heavy atom. The highest BCUT2D eigenvalue weighted by atomic mass is 32.2. The van der Waals surface area contributed by atoms with E-state index in [-0.39, 0.29) is 0 Å². The number of hydrogen-bond acceptors (Lipinski definition) is 4. The molecule has 3 nitrogen and oxygen atoms in total. The van der Waals surface area contributed by atoms with Crippen molar-refractivity contribution in [1.82, 2.24) is 0 Å². The normalized spacial score (nSPS) is 24.2. The van der Waals surface area contributed by atoms with Gasteiger partial charge in [0.2, 0.25) is 0 Å². The maximum Gasteiger partial charge on any atom is 0.316 e. The van der Waals surface area contributed by atoms with Gasteiger partial charge in [0.15, 0.2) is 6.54 Å². The number of nitrogens with zero attached hydrogens (tertiary/aromatic N) is 2. The Morgan fingerprint density at radius 1 is 1.26 bits per heavy atom. The lowest BCUT2D eigenvalue weighted by molar-refractivity contribution is -0.655. The van der Waals surface area contributed by atoms with E-state index in [2.05, 4.69) is 40.7 Å². The lowest BCUT2D eigenvalue weighted by Crippen LogP contribution is -2.40. The molecule has 2 aromatic rings. The number of rotatable bonds is 3. The minimum Gasteiger partial charge on any atom is -0.346 e. The van der Waals surface area contributed by atoms with Crippen LogP contribution >= 0.6 is 23.1 Å². The molecule has 2 aliphatic rings. The van der Waals surface area contributed by atoms with Gasteiger partial charge in [-0.1, -0.05) is 25.1 Å². The van der Waals surface area contributed by atoms with Crippen molar-refractivity contribution in [3.63, 3.8) is 0 Å². The number of benzene rings is 1. The zero-order valence-corrected chi connectivity index (χ0v) is 14.9. The van der Waals surface area contributed by atoms with Crippen molar-refractivity contribution in [2.24, 2.45) is 0 Å². The van der Waals surface area contributed by atoms with Crippen LogP contribution in [0.2, 0.25) is 0 Å². The van der Waals surface area contributed by atoms with E-state index >= 15 is 0 Å². The summed E-state index contributed by atoms with van der Waals surface area (Å²) in [5, 5.41) is 14.7. The molecule has 1 aromatic heterocycles. The fraction of sp³-hybridized carbons (Fsp3) is 0.389. The van der Waals surface area contributed by atoms with Gasteiger partial charge < -0.3 is 5.11 Å². The van der Waals surface area contributed by atoms with Crippen LogP contribution in [0.1, 0.15) is 23.8 Å². The Kier molecular flexibility index (Phi) is 3.95. The molecule has 0 unspecified atom stereocenters. The fourth-order valence-corrected chi connectivity index (χ4v) is 5.33. The molecule has 0 saturated heterocycles. The van der Waals surface area contributed by atoms with Crippen molar-refractivity contribution in [1.29, 1.82) is 0 Å². The Bertz CT molecular complexity index is 724. The van der Waals surface area contributed by atoms with Crippen LogP contribution in [0, 0.1) is 0 Å². The van der Waals surface area contributed by atoms with E-state index in [9.17, 15) is 5.11 Å². The summed E-state index contributed by atoms with van der Waals surface area (Å²) in [6.07, 6.45) is 2.17. The lowest BCUT2D eigenvalue weighted by Gasteiger charge is -2.22. The quantitative estimate of drug-likeness (QED) is 0.863. The second kappa shape index (κ2) is 5.96. The van der Waals surface area contributed by atoms with Gasteiger partial charge in [-0.05, 0) is 53.7 Å². The van der Waals surface area contributed by atoms with E-state index in [1.54, 1.807) is 11.3 Å². The molecule has 1 aromatic carbocycles. The topological polar surface area (TPSA) is 26.5 Å². The monoisotopic (exact) mass is 345 g/mol. The minimum absolute atomic E-state index is 0.599. The van der Waals surface area contributed by atoms with Crippen LogP contribution in [-0.4, -0.2) is 33.7 Å². The summed E-state index contributed by atoms with van der Waals surface area (Å²) < 4.78 is 2.20. The molecule has 2 aliphatic heterocycles. The molecule has 0 aliphatic carbocycles. The molecule has 3 heterocycles. The number of anilines is 1. The second-order valence-electron chi connectivity index (χ2n) is 6.04. The van der Waals surface area contributed by atoms with Gasteiger partial charge in [-0.2, -0.15) is 0 Å². The Labute approximate surface area is 145 Å². The molecule has 0 saturated carbocycles. The average Bonchev–Trinajstić information content (AvgIpc) is 3.23. The second-order valence-corrected chi connectivity index (χ2v) is 8.05. The Balaban J connectivity index is 1.75. The van der Waals surface area contributed by atoms with Gasteiger partial charge in [0.05, 0.1) is 11.4 Å². The Morgan fingerprint density at radius 2 is 2.09 bits per heavy atom. The van der Waals surface area contributed by atoms with Crippen molar-refractivity contribution in [2.75, 3.05) is 23.7 Å². The van der Waals surface area contributed by atoms with Crippen molar-refractivity contribution in [2.45, 2.75) is 25.5 Å². The highest BCUT2D eigenvalue weighted by Gasteiger charge is 2.53. The molecule has 0 bridgehead atoms. The molecule has 1 atom stereocenters. The van der Waals surface area contributed by atoms with Gasteiger partial charge in [-0.3, -0.25) is 0 Å². The van der Waals surface area contributed by atoms with E-state index in [1.807, 2.05) is 29.3 Å². The molecular weight excluding hydrogens is 324 g/mol. The van der Waals surface area contributed by atoms with E-state index in [1.165, 1.54) is 16.4 Å². The summed E-state index contributed by atoms with van der Waals surface area (Å²) in [5.74, 6) is 1.12. The van der Waals surface area contributed by atoms with Crippen LogP contribution in [0.25, 0.3) is 0 Å². The van der Waals surface area contributed by atoms with Crippen molar-refractivity contribution < 1.29 is 9.68 Å². The molecule has 0 amide bonds. The highest BCUT2D eigenvalue weighted by Crippen LogP contribution is 2.39. The van der Waals surface area contributed by atoms with Gasteiger partial charge >= 0.3 is 5.17 Å². The first-order chi connectivity index (χ1) is 11.2. The third kappa shape index (κ3) is 2.51. The van der Waals surface area contributed by atoms with E-state index in [0.717, 1.165) is 30.0 Å². The summed E-state index contributed by atoms with van der Waals surface area (Å²) in [7, 11) is 0. The van der Waals surface area contributed by atoms with Gasteiger partial charge in [-0.25, -0.2) is 9.48 Å². The first-order valence-electron chi connectivity index (χ1n) is 8.12. The Hall–Kier alpha value is -1.30. The number of amidine groups is 1. The van der Waals surface area contributed by atoms with Crippen molar-refractivity contribution in [3.8, 4) is 0 Å². The van der Waals surface area contributed by atoms with Crippen LogP contribution in [0.5, 0.6) is 0 Å². The minimum atomic E-state index is -0.902. The van der Waals surface area contributed by atoms with E-state index in [4.69, 9.17) is 0 Å². The molecule has 120 valence electrons. The highest BCUT2D eigenvalue weighted by molar-refractivity contribution is 8.13.